The van der Waals surface area contributed by atoms with Crippen molar-refractivity contribution in [2.24, 2.45) is 0 Å². The van der Waals surface area contributed by atoms with Crippen LogP contribution in [0.3, 0.4) is 0 Å². The molecule has 2 unspecified atom stereocenters. The van der Waals surface area contributed by atoms with Gasteiger partial charge in [-0.25, -0.2) is 5.43 Å². The number of aliphatic hydroxyl groups is 1. The molecule has 0 saturated heterocycles. The van der Waals surface area contributed by atoms with Gasteiger partial charge in [-0.05, 0) is 38.8 Å². The zero-order valence-electron chi connectivity index (χ0n) is 13.9. The van der Waals surface area contributed by atoms with Crippen LogP contribution in [0.25, 0.3) is 0 Å². The van der Waals surface area contributed by atoms with Gasteiger partial charge < -0.3 is 14.9 Å². The lowest BCUT2D eigenvalue weighted by atomic mass is 9.94. The molecule has 0 aliphatic carbocycles. The number of nitrogens with one attached hydrogen (secondary N) is 1. The van der Waals surface area contributed by atoms with E-state index in [4.69, 9.17) is 9.84 Å². The van der Waals surface area contributed by atoms with Crippen LogP contribution >= 0.6 is 0 Å². The van der Waals surface area contributed by atoms with Gasteiger partial charge >= 0.3 is 0 Å². The predicted molar refractivity (Wildman–Crippen MR) is 84.7 cm³/mol. The van der Waals surface area contributed by atoms with Crippen LogP contribution in [0.4, 0.5) is 8.78 Å². The smallest absolute Gasteiger partial charge is 0.296 e. The Kier molecular flexibility index (Phi) is 5.26. The van der Waals surface area contributed by atoms with Crippen molar-refractivity contribution in [1.82, 2.24) is 10.4 Å². The molecule has 0 saturated carbocycles. The molecule has 6 heteroatoms. The number of aliphatic hydroxyl groups excluding tert-OH is 1. The quantitative estimate of drug-likeness (QED) is 0.872. The average Bonchev–Trinajstić information content (AvgIpc) is 2.46. The van der Waals surface area contributed by atoms with Crippen molar-refractivity contribution in [3.05, 3.63) is 46.8 Å². The summed E-state index contributed by atoms with van der Waals surface area (Å²) in [6.45, 7) is 6.92. The first-order valence-corrected chi connectivity index (χ1v) is 7.71. The van der Waals surface area contributed by atoms with Crippen molar-refractivity contribution in [3.63, 3.8) is 0 Å². The molecule has 0 amide bonds. The second kappa shape index (κ2) is 6.84. The van der Waals surface area contributed by atoms with Gasteiger partial charge in [0, 0.05) is 11.6 Å². The third-order valence-electron chi connectivity index (χ3n) is 3.97. The summed E-state index contributed by atoms with van der Waals surface area (Å²) >= 11 is 0. The Morgan fingerprint density at radius 3 is 2.74 bits per heavy atom. The number of alkyl halides is 2. The molecule has 1 aliphatic rings. The molecule has 0 bridgehead atoms. The normalized spacial score (nSPS) is 20.0. The first-order chi connectivity index (χ1) is 10.7. The molecular formula is C17H24F2N2O2. The summed E-state index contributed by atoms with van der Waals surface area (Å²) in [5.41, 5.74) is 4.44. The molecule has 2 rings (SSSR count). The summed E-state index contributed by atoms with van der Waals surface area (Å²) in [6, 6.07) is 4.63. The Balaban J connectivity index is 2.22. The van der Waals surface area contributed by atoms with Gasteiger partial charge in [-0.2, -0.15) is 8.78 Å². The van der Waals surface area contributed by atoms with E-state index in [2.05, 4.69) is 5.43 Å². The number of benzene rings is 1. The Morgan fingerprint density at radius 1 is 1.43 bits per heavy atom. The Morgan fingerprint density at radius 2 is 2.13 bits per heavy atom. The lowest BCUT2D eigenvalue weighted by molar-refractivity contribution is -0.0562. The van der Waals surface area contributed by atoms with Crippen LogP contribution in [0.1, 0.15) is 43.5 Å². The zero-order valence-corrected chi connectivity index (χ0v) is 13.9. The highest BCUT2D eigenvalue weighted by molar-refractivity contribution is 5.38. The zero-order chi connectivity index (χ0) is 17.2. The molecule has 128 valence electrons. The second-order valence-corrected chi connectivity index (χ2v) is 6.05. The topological polar surface area (TPSA) is 44.7 Å². The van der Waals surface area contributed by atoms with E-state index in [1.165, 1.54) is 6.07 Å². The summed E-state index contributed by atoms with van der Waals surface area (Å²) in [4.78, 5) is 0. The van der Waals surface area contributed by atoms with Gasteiger partial charge in [-0.15, -0.1) is 0 Å². The summed E-state index contributed by atoms with van der Waals surface area (Å²) < 4.78 is 33.2. The van der Waals surface area contributed by atoms with Gasteiger partial charge in [0.1, 0.15) is 18.5 Å². The van der Waals surface area contributed by atoms with Gasteiger partial charge in [-0.1, -0.05) is 18.2 Å². The molecule has 1 aliphatic heterocycles. The Hall–Kier alpha value is -1.66. The van der Waals surface area contributed by atoms with E-state index in [-0.39, 0.29) is 17.7 Å². The van der Waals surface area contributed by atoms with Crippen molar-refractivity contribution >= 4 is 0 Å². The number of hydrazine groups is 1. The van der Waals surface area contributed by atoms with Gasteiger partial charge in [0.15, 0.2) is 0 Å². The number of hydrogen-bond acceptors (Lipinski definition) is 4. The Bertz CT molecular complexity index is 590. The number of rotatable bonds is 5. The second-order valence-electron chi connectivity index (χ2n) is 6.05. The predicted octanol–water partition coefficient (Wildman–Crippen LogP) is 3.23. The number of allylic oxidation sites excluding steroid dienone is 1. The molecule has 0 radical (unpaired) electrons. The third kappa shape index (κ3) is 4.00. The highest BCUT2D eigenvalue weighted by Gasteiger charge is 2.33. The van der Waals surface area contributed by atoms with E-state index in [0.29, 0.717) is 12.1 Å². The monoisotopic (exact) mass is 326 g/mol. The largest absolute Gasteiger partial charge is 0.492 e. The van der Waals surface area contributed by atoms with Crippen molar-refractivity contribution in [2.75, 3.05) is 13.2 Å². The van der Waals surface area contributed by atoms with Crippen LogP contribution in [-0.2, 0) is 10.7 Å². The van der Waals surface area contributed by atoms with Gasteiger partial charge in [0.2, 0.25) is 0 Å². The van der Waals surface area contributed by atoms with Crippen molar-refractivity contribution in [3.8, 4) is 0 Å². The van der Waals surface area contributed by atoms with Crippen LogP contribution in [0.15, 0.2) is 30.2 Å². The van der Waals surface area contributed by atoms with E-state index in [1.54, 1.807) is 13.0 Å². The fourth-order valence-electron chi connectivity index (χ4n) is 2.95. The standard InChI is InChI=1S/C17H24F2N2O2/c1-11-8-21(9-12(2)23-11)20-14(4)15-6-5-7-16(13(15)3)17(18,19)10-22/h5-8,12,14,20,22H,9-10H2,1-4H3. The molecule has 1 aromatic carbocycles. The maximum absolute atomic E-state index is 13.8. The fraction of sp³-hybridized carbons (Fsp3) is 0.529. The molecular weight excluding hydrogens is 302 g/mol. The van der Waals surface area contributed by atoms with E-state index in [1.807, 2.05) is 38.0 Å². The lowest BCUT2D eigenvalue weighted by Crippen LogP contribution is -2.43. The molecule has 1 heterocycles. The summed E-state index contributed by atoms with van der Waals surface area (Å²) in [6.07, 6.45) is 1.92. The summed E-state index contributed by atoms with van der Waals surface area (Å²) in [7, 11) is 0. The number of hydrogen-bond donors (Lipinski definition) is 2. The molecule has 0 aromatic heterocycles. The maximum atomic E-state index is 13.8. The molecule has 23 heavy (non-hydrogen) atoms. The number of nitrogens with zero attached hydrogens (tertiary/aromatic N) is 1. The third-order valence-corrected chi connectivity index (χ3v) is 3.97. The minimum Gasteiger partial charge on any atom is -0.492 e. The highest BCUT2D eigenvalue weighted by atomic mass is 19.3. The van der Waals surface area contributed by atoms with E-state index in [0.717, 1.165) is 11.3 Å². The summed E-state index contributed by atoms with van der Waals surface area (Å²) in [5.74, 6) is -2.43. The number of halogens is 2. The van der Waals surface area contributed by atoms with Crippen LogP contribution in [0.5, 0.6) is 0 Å². The van der Waals surface area contributed by atoms with Crippen LogP contribution in [0.2, 0.25) is 0 Å². The number of ether oxygens (including phenoxy) is 1. The van der Waals surface area contributed by atoms with Crippen molar-refractivity contribution in [2.45, 2.75) is 45.8 Å². The van der Waals surface area contributed by atoms with Crippen molar-refractivity contribution < 1.29 is 18.6 Å². The minimum atomic E-state index is -3.23. The van der Waals surface area contributed by atoms with E-state index < -0.39 is 12.5 Å². The maximum Gasteiger partial charge on any atom is 0.296 e. The Labute approximate surface area is 135 Å². The fourth-order valence-corrected chi connectivity index (χ4v) is 2.95. The molecule has 2 N–H and O–H groups in total. The van der Waals surface area contributed by atoms with Crippen LogP contribution in [0, 0.1) is 6.92 Å². The first-order valence-electron chi connectivity index (χ1n) is 7.71. The van der Waals surface area contributed by atoms with E-state index in [9.17, 15) is 8.78 Å². The first kappa shape index (κ1) is 17.7. The SMILES string of the molecule is CC1=CN(NC(C)c2cccc(C(F)(F)CO)c2C)CC(C)O1. The molecule has 1 aromatic rings. The van der Waals surface area contributed by atoms with Gasteiger partial charge in [0.05, 0.1) is 12.7 Å². The van der Waals surface area contributed by atoms with Gasteiger partial charge in [0.25, 0.3) is 5.92 Å². The van der Waals surface area contributed by atoms with E-state index >= 15 is 0 Å². The van der Waals surface area contributed by atoms with Crippen molar-refractivity contribution in [1.29, 1.82) is 0 Å². The minimum absolute atomic E-state index is 0.0610. The molecule has 0 spiro atoms. The molecule has 2 atom stereocenters. The summed E-state index contributed by atoms with van der Waals surface area (Å²) in [5, 5.41) is 10.8. The van der Waals surface area contributed by atoms with Gasteiger partial charge in [-0.3, -0.25) is 0 Å². The lowest BCUT2D eigenvalue weighted by Gasteiger charge is -2.33. The van der Waals surface area contributed by atoms with Crippen LogP contribution < -0.4 is 5.43 Å². The molecule has 0 fully saturated rings. The highest BCUT2D eigenvalue weighted by Crippen LogP contribution is 2.33. The average molecular weight is 326 g/mol. The molecule has 4 nitrogen and oxygen atoms in total. The van der Waals surface area contributed by atoms with Crippen LogP contribution in [-0.4, -0.2) is 29.4 Å².